The van der Waals surface area contributed by atoms with Crippen molar-refractivity contribution in [2.75, 3.05) is 18.1 Å². The van der Waals surface area contributed by atoms with Crippen LogP contribution < -0.4 is 5.01 Å². The summed E-state index contributed by atoms with van der Waals surface area (Å²) in [5, 5.41) is 14.3. The second-order valence-electron chi connectivity index (χ2n) is 9.19. The summed E-state index contributed by atoms with van der Waals surface area (Å²) in [4.78, 5) is 2.47. The largest absolute Gasteiger partial charge is 0.431 e. The Labute approximate surface area is 171 Å². The van der Waals surface area contributed by atoms with Gasteiger partial charge in [-0.2, -0.15) is 23.5 Å². The Morgan fingerprint density at radius 1 is 1.14 bits per heavy atom. The first kappa shape index (κ1) is 21.6. The van der Waals surface area contributed by atoms with E-state index >= 15 is 0 Å². The Morgan fingerprint density at radius 3 is 2.28 bits per heavy atom. The van der Waals surface area contributed by atoms with Crippen molar-refractivity contribution in [2.45, 2.75) is 64.7 Å². The molecule has 0 amide bonds. The highest BCUT2D eigenvalue weighted by molar-refractivity contribution is 5.95. The molecule has 0 unspecified atom stereocenters. The van der Waals surface area contributed by atoms with Gasteiger partial charge in [-0.25, -0.2) is 0 Å². The molecule has 1 saturated heterocycles. The fourth-order valence-corrected chi connectivity index (χ4v) is 4.08. The molecule has 0 saturated carbocycles. The van der Waals surface area contributed by atoms with E-state index in [-0.39, 0.29) is 12.0 Å². The van der Waals surface area contributed by atoms with E-state index in [1.54, 1.807) is 0 Å². The van der Waals surface area contributed by atoms with Crippen LogP contribution in [0, 0.1) is 23.2 Å². The van der Waals surface area contributed by atoms with Crippen LogP contribution in [-0.2, 0) is 6.42 Å². The minimum atomic E-state index is -4.48. The monoisotopic (exact) mass is 406 g/mol. The molecule has 4 nitrogen and oxygen atoms in total. The van der Waals surface area contributed by atoms with Crippen LogP contribution in [0.5, 0.6) is 0 Å². The Hall–Kier alpha value is -2.07. The number of aryl methyl sites for hydroxylation is 1. The van der Waals surface area contributed by atoms with Crippen molar-refractivity contribution in [3.05, 3.63) is 29.8 Å². The Morgan fingerprint density at radius 2 is 1.76 bits per heavy atom. The van der Waals surface area contributed by atoms with E-state index in [9.17, 15) is 13.2 Å². The summed E-state index contributed by atoms with van der Waals surface area (Å²) in [6, 6.07) is 8.96. The van der Waals surface area contributed by atoms with Crippen LogP contribution in [0.25, 0.3) is 0 Å². The molecule has 0 radical (unpaired) electrons. The zero-order chi connectivity index (χ0) is 21.4. The fourth-order valence-electron chi connectivity index (χ4n) is 4.08. The van der Waals surface area contributed by atoms with Crippen LogP contribution >= 0.6 is 0 Å². The summed E-state index contributed by atoms with van der Waals surface area (Å²) < 4.78 is 39.8. The average molecular weight is 406 g/mol. The molecule has 0 aromatic heterocycles. The van der Waals surface area contributed by atoms with E-state index in [0.717, 1.165) is 25.9 Å². The van der Waals surface area contributed by atoms with Crippen LogP contribution in [0.1, 0.15) is 46.1 Å². The first-order chi connectivity index (χ1) is 13.5. The molecule has 0 bridgehead atoms. The second-order valence-corrected chi connectivity index (χ2v) is 9.19. The molecule has 3 rings (SSSR count). The first-order valence-corrected chi connectivity index (χ1v) is 10.2. The van der Waals surface area contributed by atoms with E-state index in [1.165, 1.54) is 17.5 Å². The van der Waals surface area contributed by atoms with E-state index < -0.39 is 23.8 Å². The molecule has 1 aromatic carbocycles. The number of likely N-dealkylation sites (tertiary alicyclic amines) is 1. The van der Waals surface area contributed by atoms with Crippen LogP contribution in [-0.4, -0.2) is 41.5 Å². The lowest BCUT2D eigenvalue weighted by atomic mass is 9.88. The molecule has 0 aliphatic carbocycles. The molecule has 2 aliphatic rings. The van der Waals surface area contributed by atoms with E-state index in [2.05, 4.69) is 30.8 Å². The topological polar surface area (TPSA) is 42.6 Å². The number of hydrazone groups is 1. The van der Waals surface area contributed by atoms with Crippen molar-refractivity contribution < 1.29 is 13.2 Å². The van der Waals surface area contributed by atoms with Gasteiger partial charge in [-0.3, -0.25) is 9.91 Å². The zero-order valence-corrected chi connectivity index (χ0v) is 17.5. The van der Waals surface area contributed by atoms with Gasteiger partial charge in [-0.15, -0.1) is 0 Å². The predicted octanol–water partition coefficient (Wildman–Crippen LogP) is 5.01. The maximum Gasteiger partial charge on any atom is 0.431 e. The Kier molecular flexibility index (Phi) is 5.96. The van der Waals surface area contributed by atoms with Gasteiger partial charge in [0.25, 0.3) is 0 Å². The standard InChI is InChI=1S/C22H29F3N4/c1-15-19(11-12-26)29(27-20(15)22(23,24)25)18-9-7-16(8-10-18)5-6-17-13-28(14-17)21(2,3)4/h7-10,15,17,19H,5-6,11,13-14H2,1-4H3/t15-,19-/m0/s1. The van der Waals surface area contributed by atoms with Gasteiger partial charge in [-0.05, 0) is 57.2 Å². The zero-order valence-electron chi connectivity index (χ0n) is 17.5. The van der Waals surface area contributed by atoms with Crippen LogP contribution in [0.4, 0.5) is 18.9 Å². The molecule has 2 aliphatic heterocycles. The van der Waals surface area contributed by atoms with Gasteiger partial charge >= 0.3 is 6.18 Å². The summed E-state index contributed by atoms with van der Waals surface area (Å²) in [6.45, 7) is 10.4. The molecule has 1 fully saturated rings. The molecular formula is C22H29F3N4. The van der Waals surface area contributed by atoms with Gasteiger partial charge < -0.3 is 0 Å². The van der Waals surface area contributed by atoms with Crippen molar-refractivity contribution in [2.24, 2.45) is 16.9 Å². The molecule has 0 spiro atoms. The number of anilines is 1. The molecule has 29 heavy (non-hydrogen) atoms. The lowest BCUT2D eigenvalue weighted by molar-refractivity contribution is -0.0620. The van der Waals surface area contributed by atoms with Gasteiger partial charge in [0.05, 0.1) is 24.2 Å². The third-order valence-electron chi connectivity index (χ3n) is 6.08. The number of alkyl halides is 3. The van der Waals surface area contributed by atoms with Gasteiger partial charge in [0, 0.05) is 24.5 Å². The van der Waals surface area contributed by atoms with E-state index in [1.807, 2.05) is 30.3 Å². The van der Waals surface area contributed by atoms with Gasteiger partial charge in [0.1, 0.15) is 5.71 Å². The Bertz CT molecular complexity index is 780. The quantitative estimate of drug-likeness (QED) is 0.691. The average Bonchev–Trinajstić information content (AvgIpc) is 2.90. The molecule has 158 valence electrons. The van der Waals surface area contributed by atoms with Crippen molar-refractivity contribution >= 4 is 11.4 Å². The van der Waals surface area contributed by atoms with Crippen molar-refractivity contribution in [1.29, 1.82) is 5.26 Å². The fraction of sp³-hybridized carbons (Fsp3) is 0.636. The van der Waals surface area contributed by atoms with Crippen LogP contribution in [0.2, 0.25) is 0 Å². The van der Waals surface area contributed by atoms with E-state index in [4.69, 9.17) is 5.26 Å². The van der Waals surface area contributed by atoms with Crippen molar-refractivity contribution in [1.82, 2.24) is 4.90 Å². The van der Waals surface area contributed by atoms with E-state index in [0.29, 0.717) is 11.6 Å². The molecule has 7 heteroatoms. The molecule has 2 heterocycles. The number of nitrogens with zero attached hydrogens (tertiary/aromatic N) is 4. The minimum absolute atomic E-state index is 0.00203. The summed E-state index contributed by atoms with van der Waals surface area (Å²) in [5.74, 6) is -0.133. The third kappa shape index (κ3) is 4.75. The maximum atomic E-state index is 13.3. The highest BCUT2D eigenvalue weighted by atomic mass is 19.4. The predicted molar refractivity (Wildman–Crippen MR) is 109 cm³/mol. The van der Waals surface area contributed by atoms with Crippen LogP contribution in [0.15, 0.2) is 29.4 Å². The summed E-state index contributed by atoms with van der Waals surface area (Å²) in [7, 11) is 0. The Balaban J connectivity index is 1.63. The molecular weight excluding hydrogens is 377 g/mol. The van der Waals surface area contributed by atoms with Gasteiger partial charge in [0.15, 0.2) is 0 Å². The maximum absolute atomic E-state index is 13.3. The van der Waals surface area contributed by atoms with Gasteiger partial charge in [0.2, 0.25) is 0 Å². The number of halogens is 3. The smallest absolute Gasteiger partial charge is 0.298 e. The first-order valence-electron chi connectivity index (χ1n) is 10.2. The van der Waals surface area contributed by atoms with Gasteiger partial charge in [-0.1, -0.05) is 19.1 Å². The summed E-state index contributed by atoms with van der Waals surface area (Å²) in [5.41, 5.74) is 1.19. The SMILES string of the molecule is C[C@@H]1C(C(F)(F)F)=NN(c2ccc(CCC3CN(C(C)(C)C)C3)cc2)[C@H]1CC#N. The number of hydrogen-bond acceptors (Lipinski definition) is 4. The summed E-state index contributed by atoms with van der Waals surface area (Å²) >= 11 is 0. The highest BCUT2D eigenvalue weighted by Gasteiger charge is 2.48. The molecule has 1 aromatic rings. The number of nitriles is 1. The number of rotatable bonds is 5. The summed E-state index contributed by atoms with van der Waals surface area (Å²) in [6.07, 6.45) is -2.42. The normalized spacial score (nSPS) is 23.7. The van der Waals surface area contributed by atoms with Crippen LogP contribution in [0.3, 0.4) is 0 Å². The number of hydrogen-bond donors (Lipinski definition) is 0. The highest BCUT2D eigenvalue weighted by Crippen LogP contribution is 2.36. The lowest BCUT2D eigenvalue weighted by Gasteiger charge is -2.48. The van der Waals surface area contributed by atoms with Crippen molar-refractivity contribution in [3.8, 4) is 6.07 Å². The van der Waals surface area contributed by atoms with Crippen molar-refractivity contribution in [3.63, 3.8) is 0 Å². The lowest BCUT2D eigenvalue weighted by Crippen LogP contribution is -2.55. The minimum Gasteiger partial charge on any atom is -0.298 e. The molecule has 0 N–H and O–H groups in total. The third-order valence-corrected chi connectivity index (χ3v) is 6.08. The number of benzene rings is 1. The molecule has 2 atom stereocenters. The second kappa shape index (κ2) is 7.98.